The first-order valence-electron chi connectivity index (χ1n) is 2.62. The summed E-state index contributed by atoms with van der Waals surface area (Å²) in [5, 5.41) is 0.545. The van der Waals surface area contributed by atoms with Gasteiger partial charge in [0.2, 0.25) is 0 Å². The van der Waals surface area contributed by atoms with Gasteiger partial charge in [-0.3, -0.25) is 4.99 Å². The van der Waals surface area contributed by atoms with E-state index in [4.69, 9.17) is 11.6 Å². The van der Waals surface area contributed by atoms with E-state index in [1.54, 1.807) is 12.3 Å². The van der Waals surface area contributed by atoms with E-state index in [0.29, 0.717) is 5.03 Å². The number of nitrogens with zero attached hydrogens (tertiary/aromatic N) is 1. The van der Waals surface area contributed by atoms with Crippen molar-refractivity contribution in [2.45, 2.75) is 6.92 Å². The van der Waals surface area contributed by atoms with E-state index >= 15 is 0 Å². The van der Waals surface area contributed by atoms with E-state index in [0.717, 1.165) is 5.70 Å². The van der Waals surface area contributed by atoms with Gasteiger partial charge in [-0.15, -0.1) is 0 Å². The lowest BCUT2D eigenvalue weighted by Gasteiger charge is -1.82. The van der Waals surface area contributed by atoms with Gasteiger partial charge in [0.15, 0.2) is 0 Å². The van der Waals surface area contributed by atoms with E-state index in [1.807, 2.05) is 13.0 Å². The summed E-state index contributed by atoms with van der Waals surface area (Å²) in [4.78, 5) is 3.98. The highest BCUT2D eigenvalue weighted by atomic mass is 35.5. The van der Waals surface area contributed by atoms with Crippen LogP contribution in [0.25, 0.3) is 0 Å². The van der Waals surface area contributed by atoms with E-state index in [2.05, 4.69) is 10.7 Å². The largest absolute Gasteiger partial charge is 0.259 e. The minimum absolute atomic E-state index is 0.545. The highest BCUT2D eigenvalue weighted by Gasteiger charge is 1.86. The lowest BCUT2D eigenvalue weighted by atomic mass is 10.4. The molecule has 1 aliphatic rings. The Morgan fingerprint density at radius 2 is 2.44 bits per heavy atom. The fourth-order valence-electron chi connectivity index (χ4n) is 0.481. The van der Waals surface area contributed by atoms with Crippen LogP contribution in [0.2, 0.25) is 0 Å². The molecule has 0 fully saturated rings. The number of hydrogen-bond donors (Lipinski definition) is 0. The maximum absolute atomic E-state index is 5.58. The Balaban J connectivity index is 2.96. The lowest BCUT2D eigenvalue weighted by Crippen LogP contribution is -1.69. The fraction of sp³-hybridized carbons (Fsp3) is 0.143. The zero-order chi connectivity index (χ0) is 6.69. The van der Waals surface area contributed by atoms with Gasteiger partial charge in [0, 0.05) is 5.70 Å². The monoisotopic (exact) mass is 139 g/mol. The number of hydrogen-bond acceptors (Lipinski definition) is 1. The number of aliphatic imine (C=N–C) groups is 1. The molecule has 0 unspecified atom stereocenters. The molecule has 0 saturated carbocycles. The van der Waals surface area contributed by atoms with Gasteiger partial charge in [0.1, 0.15) is 5.03 Å². The molecule has 0 N–H and O–H groups in total. The van der Waals surface area contributed by atoms with Crippen LogP contribution in [0.5, 0.6) is 0 Å². The van der Waals surface area contributed by atoms with Crippen LogP contribution in [0.15, 0.2) is 33.6 Å². The van der Waals surface area contributed by atoms with Gasteiger partial charge in [0.05, 0.1) is 6.21 Å². The van der Waals surface area contributed by atoms with Crippen LogP contribution < -0.4 is 0 Å². The van der Waals surface area contributed by atoms with Crippen LogP contribution in [0.3, 0.4) is 0 Å². The second-order valence-corrected chi connectivity index (χ2v) is 2.13. The SMILES string of the molecule is CC1=CC=C=C(Cl)C=N1. The second kappa shape index (κ2) is 2.67. The summed E-state index contributed by atoms with van der Waals surface area (Å²) in [6.07, 6.45) is 5.19. The molecule has 9 heavy (non-hydrogen) atoms. The smallest absolute Gasteiger partial charge is 0.101 e. The van der Waals surface area contributed by atoms with Crippen molar-refractivity contribution in [2.24, 2.45) is 4.99 Å². The molecular weight excluding hydrogens is 134 g/mol. The number of rotatable bonds is 0. The van der Waals surface area contributed by atoms with E-state index in [-0.39, 0.29) is 0 Å². The summed E-state index contributed by atoms with van der Waals surface area (Å²) in [6, 6.07) is 0. The third-order valence-corrected chi connectivity index (χ3v) is 1.13. The van der Waals surface area contributed by atoms with Gasteiger partial charge in [-0.05, 0) is 19.1 Å². The molecule has 1 heterocycles. The molecule has 1 nitrogen and oxygen atoms in total. The first kappa shape index (κ1) is 6.34. The molecule has 0 atom stereocenters. The van der Waals surface area contributed by atoms with Gasteiger partial charge in [0.25, 0.3) is 0 Å². The quantitative estimate of drug-likeness (QED) is 0.457. The third kappa shape index (κ3) is 1.88. The molecule has 0 aromatic heterocycles. The summed E-state index contributed by atoms with van der Waals surface area (Å²) in [6.45, 7) is 1.91. The van der Waals surface area contributed by atoms with E-state index in [9.17, 15) is 0 Å². The molecule has 0 aromatic rings. The molecule has 0 spiro atoms. The standard InChI is InChI=1S/C7H6ClN/c1-6-3-2-4-7(8)5-9-6/h2-3,5H,1H3. The third-order valence-electron chi connectivity index (χ3n) is 0.927. The first-order valence-corrected chi connectivity index (χ1v) is 3.00. The molecule has 0 amide bonds. The average Bonchev–Trinajstić information content (AvgIpc) is 1.97. The molecular formula is C7H6ClN. The Morgan fingerprint density at radius 1 is 1.67 bits per heavy atom. The Labute approximate surface area is 59.1 Å². The van der Waals surface area contributed by atoms with Crippen molar-refractivity contribution in [3.63, 3.8) is 0 Å². The molecule has 0 bridgehead atoms. The number of allylic oxidation sites excluding steroid dienone is 3. The van der Waals surface area contributed by atoms with Crippen LogP contribution in [-0.4, -0.2) is 6.21 Å². The Kier molecular flexibility index (Phi) is 1.88. The predicted octanol–water partition coefficient (Wildman–Crippen LogP) is 2.25. The van der Waals surface area contributed by atoms with Crippen LogP contribution in [0.4, 0.5) is 0 Å². The molecule has 0 aliphatic carbocycles. The van der Waals surface area contributed by atoms with Gasteiger partial charge < -0.3 is 0 Å². The van der Waals surface area contributed by atoms with E-state index < -0.39 is 0 Å². The molecule has 0 radical (unpaired) electrons. The normalized spacial score (nSPS) is 16.7. The molecule has 2 heteroatoms. The molecule has 0 aromatic carbocycles. The van der Waals surface area contributed by atoms with Crippen molar-refractivity contribution in [2.75, 3.05) is 0 Å². The molecule has 1 rings (SSSR count). The highest BCUT2D eigenvalue weighted by molar-refractivity contribution is 6.39. The van der Waals surface area contributed by atoms with Gasteiger partial charge >= 0.3 is 0 Å². The highest BCUT2D eigenvalue weighted by Crippen LogP contribution is 2.02. The summed E-state index contributed by atoms with van der Waals surface area (Å²) in [5.74, 6) is 0. The van der Waals surface area contributed by atoms with Crippen molar-refractivity contribution < 1.29 is 0 Å². The minimum atomic E-state index is 0.545. The van der Waals surface area contributed by atoms with Crippen molar-refractivity contribution in [1.29, 1.82) is 0 Å². The molecule has 46 valence electrons. The Bertz CT molecular complexity index is 229. The average molecular weight is 140 g/mol. The Hall–Kier alpha value is -0.780. The molecule has 1 aliphatic heterocycles. The van der Waals surface area contributed by atoms with Crippen LogP contribution in [0.1, 0.15) is 6.92 Å². The van der Waals surface area contributed by atoms with Crippen LogP contribution >= 0.6 is 11.6 Å². The maximum Gasteiger partial charge on any atom is 0.101 e. The van der Waals surface area contributed by atoms with Gasteiger partial charge in [-0.1, -0.05) is 17.3 Å². The van der Waals surface area contributed by atoms with Crippen LogP contribution in [-0.2, 0) is 0 Å². The van der Waals surface area contributed by atoms with E-state index in [1.165, 1.54) is 0 Å². The summed E-state index contributed by atoms with van der Waals surface area (Å²) >= 11 is 5.58. The lowest BCUT2D eigenvalue weighted by molar-refractivity contribution is 1.32. The minimum Gasteiger partial charge on any atom is -0.259 e. The van der Waals surface area contributed by atoms with Crippen LogP contribution in [0, 0.1) is 0 Å². The zero-order valence-corrected chi connectivity index (χ0v) is 5.81. The Morgan fingerprint density at radius 3 is 3.22 bits per heavy atom. The summed E-state index contributed by atoms with van der Waals surface area (Å²) in [7, 11) is 0. The van der Waals surface area contributed by atoms with Crippen molar-refractivity contribution in [3.05, 3.63) is 28.6 Å². The van der Waals surface area contributed by atoms with Crippen molar-refractivity contribution >= 4 is 17.8 Å². The molecule has 0 saturated heterocycles. The zero-order valence-electron chi connectivity index (χ0n) is 5.06. The summed E-state index contributed by atoms with van der Waals surface area (Å²) in [5.41, 5.74) is 3.75. The van der Waals surface area contributed by atoms with Crippen molar-refractivity contribution in [1.82, 2.24) is 0 Å². The summed E-state index contributed by atoms with van der Waals surface area (Å²) < 4.78 is 0. The predicted molar refractivity (Wildman–Crippen MR) is 39.7 cm³/mol. The van der Waals surface area contributed by atoms with Gasteiger partial charge in [-0.2, -0.15) is 0 Å². The topological polar surface area (TPSA) is 12.4 Å². The maximum atomic E-state index is 5.58. The second-order valence-electron chi connectivity index (χ2n) is 1.73. The first-order chi connectivity index (χ1) is 4.29. The van der Waals surface area contributed by atoms with Gasteiger partial charge in [-0.25, -0.2) is 0 Å². The fourth-order valence-corrected chi connectivity index (χ4v) is 0.592. The van der Waals surface area contributed by atoms with Crippen molar-refractivity contribution in [3.8, 4) is 0 Å². The number of halogens is 1.